The van der Waals surface area contributed by atoms with Gasteiger partial charge in [0.1, 0.15) is 0 Å². The van der Waals surface area contributed by atoms with Crippen molar-refractivity contribution in [2.24, 2.45) is 0 Å². The van der Waals surface area contributed by atoms with E-state index in [0.29, 0.717) is 6.61 Å². The number of nitrogens with one attached hydrogen (secondary N) is 2. The van der Waals surface area contributed by atoms with E-state index >= 15 is 0 Å². The summed E-state index contributed by atoms with van der Waals surface area (Å²) in [5.74, 6) is -0.147. The minimum atomic E-state index is -0.562. The van der Waals surface area contributed by atoms with Gasteiger partial charge in [0.05, 0.1) is 12.8 Å². The fourth-order valence-electron chi connectivity index (χ4n) is 3.00. The van der Waals surface area contributed by atoms with E-state index in [-0.39, 0.29) is 5.91 Å². The monoisotopic (exact) mass is 319 g/mol. The number of benzene rings is 2. The molecule has 2 heterocycles. The maximum atomic E-state index is 12.7. The van der Waals surface area contributed by atoms with Crippen molar-refractivity contribution in [2.75, 3.05) is 11.9 Å². The molecule has 4 rings (SSSR count). The van der Waals surface area contributed by atoms with Crippen LogP contribution in [0.2, 0.25) is 0 Å². The zero-order valence-electron chi connectivity index (χ0n) is 13.0. The zero-order chi connectivity index (χ0) is 16.4. The summed E-state index contributed by atoms with van der Waals surface area (Å²) in [7, 11) is 0. The van der Waals surface area contributed by atoms with Gasteiger partial charge >= 0.3 is 0 Å². The number of hydrogen-bond donors (Lipinski definition) is 2. The Morgan fingerprint density at radius 3 is 2.96 bits per heavy atom. The van der Waals surface area contributed by atoms with Crippen LogP contribution < -0.4 is 5.32 Å². The fraction of sp³-hybridized carbons (Fsp3) is 0.158. The summed E-state index contributed by atoms with van der Waals surface area (Å²) in [5.41, 5.74) is 4.84. The molecule has 1 atom stereocenters. The molecule has 1 aliphatic rings. The van der Waals surface area contributed by atoms with Gasteiger partial charge < -0.3 is 10.1 Å². The van der Waals surface area contributed by atoms with E-state index in [1.54, 1.807) is 6.20 Å². The van der Waals surface area contributed by atoms with Crippen LogP contribution in [-0.4, -0.2) is 22.7 Å². The van der Waals surface area contributed by atoms with E-state index in [4.69, 9.17) is 4.74 Å². The van der Waals surface area contributed by atoms with E-state index in [1.807, 2.05) is 48.7 Å². The summed E-state index contributed by atoms with van der Waals surface area (Å²) in [6, 6.07) is 15.6. The Morgan fingerprint density at radius 1 is 1.17 bits per heavy atom. The van der Waals surface area contributed by atoms with E-state index in [0.717, 1.165) is 28.8 Å². The number of carbonyl (C=O) groups excluding carboxylic acids is 1. The first-order valence-corrected chi connectivity index (χ1v) is 7.91. The molecular weight excluding hydrogens is 302 g/mol. The quantitative estimate of drug-likeness (QED) is 0.778. The lowest BCUT2D eigenvalue weighted by atomic mass is 9.97. The molecule has 0 unspecified atom stereocenters. The maximum absolute atomic E-state index is 12.7. The van der Waals surface area contributed by atoms with Crippen LogP contribution in [0.1, 0.15) is 17.2 Å². The molecular formula is C19H17N3O2. The SMILES string of the molecule is O=C(Nc1cccc(-c2cn[nH]c2)c1)[C@H]1OCCc2ccccc21. The molecule has 0 radical (unpaired) electrons. The number of amides is 1. The largest absolute Gasteiger partial charge is 0.363 e. The average molecular weight is 319 g/mol. The van der Waals surface area contributed by atoms with Gasteiger partial charge in [-0.3, -0.25) is 9.89 Å². The molecule has 5 nitrogen and oxygen atoms in total. The van der Waals surface area contributed by atoms with Crippen molar-refractivity contribution in [3.63, 3.8) is 0 Å². The molecule has 1 aliphatic heterocycles. The van der Waals surface area contributed by atoms with Crippen LogP contribution in [-0.2, 0) is 16.0 Å². The molecule has 0 aliphatic carbocycles. The average Bonchev–Trinajstić information content (AvgIpc) is 3.16. The highest BCUT2D eigenvalue weighted by Gasteiger charge is 2.27. The summed E-state index contributed by atoms with van der Waals surface area (Å²) < 4.78 is 5.71. The summed E-state index contributed by atoms with van der Waals surface area (Å²) in [5, 5.41) is 9.71. The maximum Gasteiger partial charge on any atom is 0.258 e. The van der Waals surface area contributed by atoms with Gasteiger partial charge in [-0.1, -0.05) is 36.4 Å². The van der Waals surface area contributed by atoms with Crippen molar-refractivity contribution in [3.8, 4) is 11.1 Å². The highest BCUT2D eigenvalue weighted by molar-refractivity contribution is 5.95. The minimum Gasteiger partial charge on any atom is -0.363 e. The number of ether oxygens (including phenoxy) is 1. The van der Waals surface area contributed by atoms with Crippen LogP contribution in [0.5, 0.6) is 0 Å². The molecule has 0 saturated carbocycles. The number of nitrogens with zero attached hydrogens (tertiary/aromatic N) is 1. The number of aromatic amines is 1. The third kappa shape index (κ3) is 2.81. The van der Waals surface area contributed by atoms with Gasteiger partial charge in [0.25, 0.3) is 5.91 Å². The van der Waals surface area contributed by atoms with Crippen LogP contribution in [0, 0.1) is 0 Å². The third-order valence-electron chi connectivity index (χ3n) is 4.19. The standard InChI is InChI=1S/C19H17N3O2/c23-19(18-17-7-2-1-4-13(17)8-9-24-18)22-16-6-3-5-14(10-16)15-11-20-21-12-15/h1-7,10-12,18H,8-9H2,(H,20,21)(H,22,23)/t18-/m0/s1. The van der Waals surface area contributed by atoms with Crippen LogP contribution in [0.25, 0.3) is 11.1 Å². The number of fused-ring (bicyclic) bond motifs is 1. The first kappa shape index (κ1) is 14.7. The lowest BCUT2D eigenvalue weighted by Crippen LogP contribution is -2.28. The smallest absolute Gasteiger partial charge is 0.258 e. The minimum absolute atomic E-state index is 0.147. The number of rotatable bonds is 3. The first-order valence-electron chi connectivity index (χ1n) is 7.91. The lowest BCUT2D eigenvalue weighted by Gasteiger charge is -2.25. The molecule has 0 spiro atoms. The highest BCUT2D eigenvalue weighted by atomic mass is 16.5. The third-order valence-corrected chi connectivity index (χ3v) is 4.19. The molecule has 3 aromatic rings. The topological polar surface area (TPSA) is 67.0 Å². The molecule has 2 aromatic carbocycles. The van der Waals surface area contributed by atoms with Crippen molar-refractivity contribution in [2.45, 2.75) is 12.5 Å². The second-order valence-corrected chi connectivity index (χ2v) is 5.76. The molecule has 0 bridgehead atoms. The van der Waals surface area contributed by atoms with E-state index in [9.17, 15) is 4.79 Å². The normalized spacial score (nSPS) is 16.4. The first-order chi connectivity index (χ1) is 11.8. The Bertz CT molecular complexity index is 859. The van der Waals surface area contributed by atoms with Gasteiger partial charge in [0.2, 0.25) is 0 Å². The Balaban J connectivity index is 1.56. The van der Waals surface area contributed by atoms with Gasteiger partial charge in [-0.2, -0.15) is 5.10 Å². The Morgan fingerprint density at radius 2 is 2.08 bits per heavy atom. The van der Waals surface area contributed by atoms with Gasteiger partial charge in [-0.05, 0) is 35.2 Å². The summed E-state index contributed by atoms with van der Waals surface area (Å²) >= 11 is 0. The molecule has 5 heteroatoms. The van der Waals surface area contributed by atoms with Gasteiger partial charge in [-0.25, -0.2) is 0 Å². The molecule has 2 N–H and O–H groups in total. The molecule has 24 heavy (non-hydrogen) atoms. The Labute approximate surface area is 139 Å². The Kier molecular flexibility index (Phi) is 3.84. The number of carbonyl (C=O) groups is 1. The number of anilines is 1. The second-order valence-electron chi connectivity index (χ2n) is 5.76. The van der Waals surface area contributed by atoms with E-state index in [1.165, 1.54) is 5.56 Å². The summed E-state index contributed by atoms with van der Waals surface area (Å²) in [6.45, 7) is 0.560. The lowest BCUT2D eigenvalue weighted by molar-refractivity contribution is -0.128. The predicted octanol–water partition coefficient (Wildman–Crippen LogP) is 3.33. The van der Waals surface area contributed by atoms with Crippen LogP contribution in [0.15, 0.2) is 60.9 Å². The van der Waals surface area contributed by atoms with Crippen molar-refractivity contribution < 1.29 is 9.53 Å². The van der Waals surface area contributed by atoms with Crippen LogP contribution in [0.4, 0.5) is 5.69 Å². The molecule has 1 aromatic heterocycles. The second kappa shape index (κ2) is 6.29. The number of hydrogen-bond acceptors (Lipinski definition) is 3. The van der Waals surface area contributed by atoms with E-state index < -0.39 is 6.10 Å². The zero-order valence-corrected chi connectivity index (χ0v) is 13.0. The molecule has 0 saturated heterocycles. The van der Waals surface area contributed by atoms with Gasteiger partial charge in [0.15, 0.2) is 6.10 Å². The number of H-pyrrole nitrogens is 1. The molecule has 120 valence electrons. The van der Waals surface area contributed by atoms with E-state index in [2.05, 4.69) is 21.6 Å². The number of aromatic nitrogens is 2. The summed E-state index contributed by atoms with van der Waals surface area (Å²) in [4.78, 5) is 12.7. The predicted molar refractivity (Wildman–Crippen MR) is 91.5 cm³/mol. The van der Waals surface area contributed by atoms with Gasteiger partial charge in [0, 0.05) is 17.4 Å². The fourth-order valence-corrected chi connectivity index (χ4v) is 3.00. The van der Waals surface area contributed by atoms with Gasteiger partial charge in [-0.15, -0.1) is 0 Å². The Hall–Kier alpha value is -2.92. The van der Waals surface area contributed by atoms with Crippen molar-refractivity contribution in [3.05, 3.63) is 72.1 Å². The van der Waals surface area contributed by atoms with Crippen molar-refractivity contribution in [1.82, 2.24) is 10.2 Å². The molecule has 1 amide bonds. The molecule has 0 fully saturated rings. The highest BCUT2D eigenvalue weighted by Crippen LogP contribution is 2.29. The summed E-state index contributed by atoms with van der Waals surface area (Å²) in [6.07, 6.45) is 3.85. The van der Waals surface area contributed by atoms with Crippen LogP contribution in [0.3, 0.4) is 0 Å². The van der Waals surface area contributed by atoms with Crippen molar-refractivity contribution >= 4 is 11.6 Å². The van der Waals surface area contributed by atoms with Crippen LogP contribution >= 0.6 is 0 Å². The van der Waals surface area contributed by atoms with Crippen molar-refractivity contribution in [1.29, 1.82) is 0 Å².